The van der Waals surface area contributed by atoms with E-state index in [1.807, 2.05) is 43.4 Å². The fraction of sp³-hybridized carbons (Fsp3) is 0.423. The Labute approximate surface area is 221 Å². The van der Waals surface area contributed by atoms with E-state index in [4.69, 9.17) is 5.73 Å². The van der Waals surface area contributed by atoms with Gasteiger partial charge in [-0.2, -0.15) is 5.26 Å². The van der Waals surface area contributed by atoms with E-state index >= 15 is 0 Å². The first-order valence-corrected chi connectivity index (χ1v) is 13.2. The fourth-order valence-corrected chi connectivity index (χ4v) is 5.14. The van der Waals surface area contributed by atoms with Gasteiger partial charge in [-0.1, -0.05) is 6.07 Å². The van der Waals surface area contributed by atoms with E-state index in [1.54, 1.807) is 17.5 Å². The average Bonchev–Trinajstić information content (AvgIpc) is 3.36. The molecule has 0 unspecified atom stereocenters. The van der Waals surface area contributed by atoms with Crippen molar-refractivity contribution in [1.82, 2.24) is 30.1 Å². The van der Waals surface area contributed by atoms with Crippen molar-refractivity contribution < 1.29 is 4.79 Å². The van der Waals surface area contributed by atoms with Crippen LogP contribution in [0.4, 0.5) is 11.5 Å². The zero-order chi connectivity index (χ0) is 26.2. The van der Waals surface area contributed by atoms with Gasteiger partial charge in [0, 0.05) is 43.4 Å². The zero-order valence-corrected chi connectivity index (χ0v) is 22.1. The van der Waals surface area contributed by atoms with Crippen LogP contribution < -0.4 is 16.4 Å². The summed E-state index contributed by atoms with van der Waals surface area (Å²) in [6.45, 7) is 4.75. The molecule has 10 nitrogen and oxygen atoms in total. The zero-order valence-electron chi connectivity index (χ0n) is 21.3. The quantitative estimate of drug-likeness (QED) is 0.369. The van der Waals surface area contributed by atoms with E-state index in [2.05, 4.69) is 36.6 Å². The van der Waals surface area contributed by atoms with Crippen LogP contribution in [0.3, 0.4) is 0 Å². The third kappa shape index (κ3) is 7.22. The molecule has 0 bridgehead atoms. The topological polar surface area (TPSA) is 136 Å². The van der Waals surface area contributed by atoms with Crippen LogP contribution in [0.15, 0.2) is 36.7 Å². The number of nitrogens with zero attached hydrogens (tertiary/aromatic N) is 6. The molecular formula is C26H33N9OS. The summed E-state index contributed by atoms with van der Waals surface area (Å²) in [7, 11) is 3.92. The van der Waals surface area contributed by atoms with Gasteiger partial charge >= 0.3 is 0 Å². The summed E-state index contributed by atoms with van der Waals surface area (Å²) in [4.78, 5) is 31.8. The van der Waals surface area contributed by atoms with Crippen LogP contribution in [0, 0.1) is 17.2 Å². The number of hydrogen-bond donors (Lipinski definition) is 3. The van der Waals surface area contributed by atoms with Gasteiger partial charge in [-0.25, -0.2) is 9.97 Å². The van der Waals surface area contributed by atoms with Crippen LogP contribution in [0.5, 0.6) is 0 Å². The monoisotopic (exact) mass is 519 g/mol. The number of aromatic nitrogens is 3. The molecule has 4 heterocycles. The molecule has 194 valence electrons. The van der Waals surface area contributed by atoms with E-state index in [1.165, 1.54) is 10.9 Å². The van der Waals surface area contributed by atoms with Crippen molar-refractivity contribution in [3.05, 3.63) is 52.8 Å². The number of carbonyl (C=O) groups is 1. The van der Waals surface area contributed by atoms with Crippen molar-refractivity contribution >= 4 is 28.7 Å². The Morgan fingerprint density at radius 1 is 1.30 bits per heavy atom. The van der Waals surface area contributed by atoms with E-state index in [0.717, 1.165) is 49.7 Å². The van der Waals surface area contributed by atoms with E-state index in [0.29, 0.717) is 24.8 Å². The standard InChI is InChI=1S/C26H33N9OS/c1-34(2)12-9-30-24-20(14-27)21(28)13-23(33-24)25(36)31-15-18-6-10-35(11-7-18)17-19-16-32-26(37-19)22-5-3-4-8-29-22/h3-5,8,13,16,18H,6-7,9-12,15,17H2,1-2H3,(H,31,36)(H3,28,30,33). The van der Waals surface area contributed by atoms with Crippen molar-refractivity contribution in [1.29, 1.82) is 5.26 Å². The highest BCUT2D eigenvalue weighted by molar-refractivity contribution is 7.14. The van der Waals surface area contributed by atoms with Crippen LogP contribution in [-0.4, -0.2) is 77.5 Å². The predicted molar refractivity (Wildman–Crippen MR) is 146 cm³/mol. The minimum absolute atomic E-state index is 0.218. The lowest BCUT2D eigenvalue weighted by atomic mass is 9.96. The number of piperidine rings is 1. The third-order valence-corrected chi connectivity index (χ3v) is 7.33. The minimum atomic E-state index is -0.277. The van der Waals surface area contributed by atoms with Crippen molar-refractivity contribution in [2.75, 3.05) is 57.9 Å². The van der Waals surface area contributed by atoms with Crippen molar-refractivity contribution in [3.8, 4) is 16.8 Å². The maximum atomic E-state index is 12.8. The summed E-state index contributed by atoms with van der Waals surface area (Å²) in [5.41, 5.74) is 7.68. The number of nitrogens with one attached hydrogen (secondary N) is 2. The molecule has 0 spiro atoms. The fourth-order valence-electron chi connectivity index (χ4n) is 4.21. The van der Waals surface area contributed by atoms with E-state index in [-0.39, 0.29) is 22.9 Å². The number of anilines is 2. The Hall–Kier alpha value is -3.59. The molecule has 1 aliphatic rings. The molecule has 1 aliphatic heterocycles. The number of rotatable bonds is 10. The average molecular weight is 520 g/mol. The minimum Gasteiger partial charge on any atom is -0.397 e. The van der Waals surface area contributed by atoms with Gasteiger partial charge in [0.25, 0.3) is 5.91 Å². The Bertz CT molecular complexity index is 1230. The van der Waals surface area contributed by atoms with Crippen LogP contribution >= 0.6 is 11.3 Å². The summed E-state index contributed by atoms with van der Waals surface area (Å²) in [5.74, 6) is 0.470. The first-order valence-electron chi connectivity index (χ1n) is 12.4. The third-order valence-electron chi connectivity index (χ3n) is 6.32. The highest BCUT2D eigenvalue weighted by Crippen LogP contribution is 2.26. The molecule has 3 aromatic rings. The van der Waals surface area contributed by atoms with Gasteiger partial charge in [-0.3, -0.25) is 14.7 Å². The molecule has 0 saturated carbocycles. The molecule has 1 fully saturated rings. The number of likely N-dealkylation sites (tertiary alicyclic amines) is 1. The van der Waals surface area contributed by atoms with Crippen molar-refractivity contribution in [2.45, 2.75) is 19.4 Å². The second kappa shape index (κ2) is 12.6. The lowest BCUT2D eigenvalue weighted by Gasteiger charge is -2.31. The van der Waals surface area contributed by atoms with Gasteiger partial charge < -0.3 is 21.3 Å². The number of thiazole rings is 1. The van der Waals surface area contributed by atoms with Crippen molar-refractivity contribution in [2.24, 2.45) is 5.92 Å². The van der Waals surface area contributed by atoms with E-state index < -0.39 is 0 Å². The summed E-state index contributed by atoms with van der Waals surface area (Å²) in [6.07, 6.45) is 5.74. The van der Waals surface area contributed by atoms with Gasteiger partial charge in [0.2, 0.25) is 0 Å². The summed E-state index contributed by atoms with van der Waals surface area (Å²) in [5, 5.41) is 16.5. The Morgan fingerprint density at radius 2 is 2.11 bits per heavy atom. The second-order valence-electron chi connectivity index (χ2n) is 9.44. The lowest BCUT2D eigenvalue weighted by molar-refractivity contribution is 0.0930. The maximum absolute atomic E-state index is 12.8. The van der Waals surface area contributed by atoms with Gasteiger partial charge in [-0.15, -0.1) is 11.3 Å². The molecule has 4 rings (SSSR count). The highest BCUT2D eigenvalue weighted by atomic mass is 32.1. The molecule has 0 aromatic carbocycles. The van der Waals surface area contributed by atoms with Gasteiger partial charge in [0.15, 0.2) is 0 Å². The molecule has 4 N–H and O–H groups in total. The number of nitriles is 1. The van der Waals surface area contributed by atoms with Crippen LogP contribution in [0.1, 0.15) is 33.8 Å². The molecular weight excluding hydrogens is 486 g/mol. The molecule has 1 saturated heterocycles. The molecule has 0 radical (unpaired) electrons. The molecule has 0 aliphatic carbocycles. The van der Waals surface area contributed by atoms with Gasteiger partial charge in [0.05, 0.1) is 11.4 Å². The predicted octanol–water partition coefficient (Wildman–Crippen LogP) is 2.67. The Morgan fingerprint density at radius 3 is 2.81 bits per heavy atom. The van der Waals surface area contributed by atoms with Crippen molar-refractivity contribution in [3.63, 3.8) is 0 Å². The number of likely N-dealkylation sites (N-methyl/N-ethyl adjacent to an activating group) is 1. The summed E-state index contributed by atoms with van der Waals surface area (Å²) < 4.78 is 0. The highest BCUT2D eigenvalue weighted by Gasteiger charge is 2.22. The smallest absolute Gasteiger partial charge is 0.270 e. The number of pyridine rings is 2. The largest absolute Gasteiger partial charge is 0.397 e. The molecule has 37 heavy (non-hydrogen) atoms. The first-order chi connectivity index (χ1) is 17.9. The molecule has 3 aromatic heterocycles. The number of carbonyl (C=O) groups excluding carboxylic acids is 1. The lowest BCUT2D eigenvalue weighted by Crippen LogP contribution is -2.38. The summed E-state index contributed by atoms with van der Waals surface area (Å²) >= 11 is 1.69. The second-order valence-corrected chi connectivity index (χ2v) is 10.6. The van der Waals surface area contributed by atoms with E-state index in [9.17, 15) is 10.1 Å². The first kappa shape index (κ1) is 26.5. The summed E-state index contributed by atoms with van der Waals surface area (Å²) in [6, 6.07) is 9.41. The number of nitrogens with two attached hydrogens (primary N) is 1. The Kier molecular flexibility index (Phi) is 9.00. The van der Waals surface area contributed by atoms with Crippen LogP contribution in [0.2, 0.25) is 0 Å². The van der Waals surface area contributed by atoms with Gasteiger partial charge in [-0.05, 0) is 64.1 Å². The normalized spacial score (nSPS) is 14.4. The number of hydrogen-bond acceptors (Lipinski definition) is 10. The molecule has 11 heteroatoms. The van der Waals surface area contributed by atoms with Crippen LogP contribution in [0.25, 0.3) is 10.7 Å². The maximum Gasteiger partial charge on any atom is 0.270 e. The number of nitrogen functional groups attached to an aromatic ring is 1. The van der Waals surface area contributed by atoms with Crippen LogP contribution in [-0.2, 0) is 6.54 Å². The Balaban J connectivity index is 1.26. The molecule has 1 amide bonds. The molecule has 0 atom stereocenters. The SMILES string of the molecule is CN(C)CCNc1nc(C(=O)NCC2CCN(Cc3cnc(-c4ccccn4)s3)CC2)cc(N)c1C#N. The number of amides is 1. The van der Waals surface area contributed by atoms with Gasteiger partial charge in [0.1, 0.15) is 28.2 Å².